The largest absolute Gasteiger partial charge is 0.573 e. The molecule has 11 nitrogen and oxygen atoms in total. The zero-order chi connectivity index (χ0) is 25.4. The van der Waals surface area contributed by atoms with Crippen molar-refractivity contribution in [3.63, 3.8) is 0 Å². The molecule has 0 amide bonds. The van der Waals surface area contributed by atoms with Crippen molar-refractivity contribution in [2.75, 3.05) is 11.3 Å². The van der Waals surface area contributed by atoms with Crippen LogP contribution in [0.2, 0.25) is 0 Å². The summed E-state index contributed by atoms with van der Waals surface area (Å²) in [5.74, 6) is -0.404. The first-order valence-corrected chi connectivity index (χ1v) is 11.4. The van der Waals surface area contributed by atoms with Gasteiger partial charge in [-0.15, -0.1) is 13.2 Å². The molecule has 4 rings (SSSR count). The van der Waals surface area contributed by atoms with Crippen molar-refractivity contribution in [3.05, 3.63) is 64.8 Å². The number of alkyl halides is 3. The number of nitrogens with one attached hydrogen (secondary N) is 1. The second kappa shape index (κ2) is 8.65. The van der Waals surface area contributed by atoms with Gasteiger partial charge in [-0.2, -0.15) is 4.21 Å². The lowest BCUT2D eigenvalue weighted by Gasteiger charge is -2.22. The molecule has 2 atom stereocenters. The molecule has 0 radical (unpaired) electrons. The minimum atomic E-state index is -4.84. The van der Waals surface area contributed by atoms with Crippen LogP contribution in [0.15, 0.2) is 59.6 Å². The summed E-state index contributed by atoms with van der Waals surface area (Å²) < 4.78 is 78.8. The highest BCUT2D eigenvalue weighted by Crippen LogP contribution is 2.32. The molecular weight excluding hydrogens is 497 g/mol. The monoisotopic (exact) mass is 515 g/mol. The zero-order valence-electron chi connectivity index (χ0n) is 17.9. The van der Waals surface area contributed by atoms with E-state index in [1.165, 1.54) is 47.2 Å². The van der Waals surface area contributed by atoms with Gasteiger partial charge in [-0.1, -0.05) is 0 Å². The van der Waals surface area contributed by atoms with E-state index in [9.17, 15) is 31.7 Å². The highest BCUT2D eigenvalue weighted by atomic mass is 32.2. The third kappa shape index (κ3) is 5.74. The maximum Gasteiger partial charge on any atom is 0.573 e. The summed E-state index contributed by atoms with van der Waals surface area (Å²) in [5, 5.41) is 10.8. The van der Waals surface area contributed by atoms with Crippen molar-refractivity contribution in [3.8, 4) is 17.5 Å². The number of halogens is 3. The standard InChI is InChI=1S/C20H17F3N4O7S/c1-19(11-26-10-17(27(28)29)24-18(26)34-19)12-32-14-6-8-16(9-7-14)35(30,31)25-13-2-4-15(5-3-13)33-20(21,22)23/h2-10H,11-12H2,1H3,(H,25,30,31)/p+1/t19-/m1/s1. The van der Waals surface area contributed by atoms with Crippen LogP contribution in [0.4, 0.5) is 24.7 Å². The van der Waals surface area contributed by atoms with Crippen LogP contribution in [0, 0.1) is 10.1 Å². The Morgan fingerprint density at radius 2 is 1.86 bits per heavy atom. The van der Waals surface area contributed by atoms with E-state index in [0.29, 0.717) is 5.75 Å². The number of nitro groups is 1. The molecule has 0 saturated heterocycles. The number of rotatable bonds is 8. The van der Waals surface area contributed by atoms with Crippen LogP contribution in [0.5, 0.6) is 17.5 Å². The van der Waals surface area contributed by atoms with Crippen LogP contribution in [-0.2, 0) is 16.6 Å². The number of imidazole rings is 1. The minimum Gasteiger partial charge on any atom is -0.489 e. The summed E-state index contributed by atoms with van der Waals surface area (Å²) >= 11 is 0. The number of anilines is 1. The Labute approximate surface area is 196 Å². The summed E-state index contributed by atoms with van der Waals surface area (Å²) in [4.78, 5) is 14.0. The Bertz CT molecular complexity index is 1320. The number of hydrogen-bond donors (Lipinski definition) is 1. The molecule has 35 heavy (non-hydrogen) atoms. The molecule has 186 valence electrons. The first-order valence-electron chi connectivity index (χ1n) is 9.86. The molecule has 15 heteroatoms. The van der Waals surface area contributed by atoms with Crippen molar-refractivity contribution < 1.29 is 40.7 Å². The highest BCUT2D eigenvalue weighted by molar-refractivity contribution is 7.92. The van der Waals surface area contributed by atoms with Crippen molar-refractivity contribution >= 4 is 21.5 Å². The molecule has 3 aromatic rings. The first kappa shape index (κ1) is 24.1. The SMILES string of the molecule is C[C@]1(COc2ccc(S(=O)(=[OH+])Nc3ccc(OC(F)(F)F)cc3)cc2)Cn2cc([N+](=O)[O-])nc2O1. The molecule has 2 N–H and O–H groups in total. The fraction of sp³-hybridized carbons (Fsp3) is 0.250. The summed E-state index contributed by atoms with van der Waals surface area (Å²) in [7, 11) is -3.77. The number of ether oxygens (including phenoxy) is 3. The average molecular weight is 515 g/mol. The third-order valence-electron chi connectivity index (χ3n) is 4.79. The topological polar surface area (TPSA) is 139 Å². The Hall–Kier alpha value is -4.01. The van der Waals surface area contributed by atoms with Gasteiger partial charge >= 0.3 is 28.2 Å². The number of fused-ring (bicyclic) bond motifs is 1. The van der Waals surface area contributed by atoms with Gasteiger partial charge < -0.3 is 24.3 Å². The van der Waals surface area contributed by atoms with E-state index in [2.05, 4.69) is 14.4 Å². The summed E-state index contributed by atoms with van der Waals surface area (Å²) in [5.41, 5.74) is -0.721. The summed E-state index contributed by atoms with van der Waals surface area (Å²) in [6.07, 6.45) is -3.57. The summed E-state index contributed by atoms with van der Waals surface area (Å²) in [6.45, 7) is 2.10. The second-order valence-corrected chi connectivity index (χ2v) is 9.51. The molecule has 0 bridgehead atoms. The zero-order valence-corrected chi connectivity index (χ0v) is 18.7. The molecule has 0 spiro atoms. The van der Waals surface area contributed by atoms with Crippen LogP contribution in [0.3, 0.4) is 0 Å². The summed E-state index contributed by atoms with van der Waals surface area (Å²) in [6, 6.07) is 10.1. The van der Waals surface area contributed by atoms with Gasteiger partial charge in [-0.3, -0.25) is 4.57 Å². The minimum absolute atomic E-state index is 0.0104. The molecule has 2 heterocycles. The Morgan fingerprint density at radius 1 is 1.23 bits per heavy atom. The van der Waals surface area contributed by atoms with Gasteiger partial charge in [0.25, 0.3) is 0 Å². The maximum atomic E-state index is 12.7. The van der Waals surface area contributed by atoms with Crippen molar-refractivity contribution in [2.24, 2.45) is 0 Å². The van der Waals surface area contributed by atoms with Crippen LogP contribution in [-0.4, -0.2) is 41.5 Å². The number of aromatic nitrogens is 2. The predicted octanol–water partition coefficient (Wildman–Crippen LogP) is 3.88. The number of hydrogen-bond acceptors (Lipinski definition) is 7. The number of nitrogens with zero attached hydrogens (tertiary/aromatic N) is 3. The van der Waals surface area contributed by atoms with Gasteiger partial charge in [0.05, 0.1) is 12.2 Å². The quantitative estimate of drug-likeness (QED) is 0.273. The first-order chi connectivity index (χ1) is 16.3. The lowest BCUT2D eigenvalue weighted by molar-refractivity contribution is -0.389. The van der Waals surface area contributed by atoms with Crippen LogP contribution in [0.25, 0.3) is 0 Å². The highest BCUT2D eigenvalue weighted by Gasteiger charge is 2.41. The van der Waals surface area contributed by atoms with E-state index in [1.54, 1.807) is 6.92 Å². The normalized spacial score (nSPS) is 18.7. The van der Waals surface area contributed by atoms with Gasteiger partial charge in [-0.25, -0.2) is 8.93 Å². The van der Waals surface area contributed by atoms with E-state index in [0.717, 1.165) is 12.1 Å². The maximum absolute atomic E-state index is 12.7. The van der Waals surface area contributed by atoms with E-state index in [-0.39, 0.29) is 35.6 Å². The molecule has 1 unspecified atom stereocenters. The Kier molecular flexibility index (Phi) is 5.96. The predicted molar refractivity (Wildman–Crippen MR) is 115 cm³/mol. The molecule has 0 aliphatic carbocycles. The van der Waals surface area contributed by atoms with Crippen molar-refractivity contribution in [1.29, 1.82) is 0 Å². The van der Waals surface area contributed by atoms with E-state index in [4.69, 9.17) is 9.47 Å². The van der Waals surface area contributed by atoms with Crippen molar-refractivity contribution in [2.45, 2.75) is 30.3 Å². The number of benzene rings is 2. The van der Waals surface area contributed by atoms with E-state index >= 15 is 0 Å². The van der Waals surface area contributed by atoms with Crippen LogP contribution < -0.4 is 18.9 Å². The Morgan fingerprint density at radius 3 is 2.43 bits per heavy atom. The molecule has 1 aliphatic rings. The lowest BCUT2D eigenvalue weighted by atomic mass is 10.1. The second-order valence-electron chi connectivity index (χ2n) is 7.78. The molecule has 1 aliphatic heterocycles. The fourth-order valence-corrected chi connectivity index (χ4v) is 4.33. The molecule has 2 aromatic carbocycles. The van der Waals surface area contributed by atoms with E-state index in [1.807, 2.05) is 0 Å². The molecule has 1 aromatic heterocycles. The molecular formula is C20H18F3N4O7S+. The smallest absolute Gasteiger partial charge is 0.489 e. The molecule has 0 saturated carbocycles. The van der Waals surface area contributed by atoms with Gasteiger partial charge in [0.1, 0.15) is 29.2 Å². The average Bonchev–Trinajstić information content (AvgIpc) is 3.28. The Balaban J connectivity index is 1.35. The van der Waals surface area contributed by atoms with Gasteiger partial charge in [0.15, 0.2) is 5.60 Å². The molecule has 0 fully saturated rings. The van der Waals surface area contributed by atoms with Crippen molar-refractivity contribution in [1.82, 2.24) is 9.55 Å². The van der Waals surface area contributed by atoms with Crippen LogP contribution in [0.1, 0.15) is 6.92 Å². The van der Waals surface area contributed by atoms with Gasteiger partial charge in [0, 0.05) is 4.98 Å². The lowest BCUT2D eigenvalue weighted by Crippen LogP contribution is -2.38. The fourth-order valence-electron chi connectivity index (χ4n) is 3.26. The van der Waals surface area contributed by atoms with Crippen LogP contribution >= 0.6 is 0 Å². The van der Waals surface area contributed by atoms with E-state index < -0.39 is 32.7 Å². The van der Waals surface area contributed by atoms with Gasteiger partial charge in [0.2, 0.25) is 0 Å². The third-order valence-corrected chi connectivity index (χ3v) is 6.21. The van der Waals surface area contributed by atoms with Gasteiger partial charge in [-0.05, 0) is 60.4 Å².